The van der Waals surface area contributed by atoms with Gasteiger partial charge in [-0.2, -0.15) is 0 Å². The van der Waals surface area contributed by atoms with Crippen molar-refractivity contribution in [1.82, 2.24) is 4.98 Å². The minimum Gasteiger partial charge on any atom is -0.508 e. The number of carbonyl (C=O) groups excluding carboxylic acids is 1. The number of benzene rings is 1. The summed E-state index contributed by atoms with van der Waals surface area (Å²) in [6.07, 6.45) is 1.66. The van der Waals surface area contributed by atoms with Crippen molar-refractivity contribution in [3.63, 3.8) is 0 Å². The Morgan fingerprint density at radius 1 is 1.33 bits per heavy atom. The molecular weight excluding hydrogens is 230 g/mol. The lowest BCUT2D eigenvalue weighted by Crippen LogP contribution is -2.15. The highest BCUT2D eigenvalue weighted by molar-refractivity contribution is 5.91. The number of amides is 1. The Labute approximate surface area is 104 Å². The Morgan fingerprint density at radius 2 is 2.17 bits per heavy atom. The van der Waals surface area contributed by atoms with Gasteiger partial charge in [0.25, 0.3) is 0 Å². The van der Waals surface area contributed by atoms with Gasteiger partial charge in [-0.25, -0.2) is 4.98 Å². The third-order valence-electron chi connectivity index (χ3n) is 2.33. The molecule has 0 unspecified atom stereocenters. The van der Waals surface area contributed by atoms with Gasteiger partial charge in [-0.05, 0) is 29.8 Å². The monoisotopic (exact) mass is 243 g/mol. The van der Waals surface area contributed by atoms with Crippen LogP contribution in [0, 0.1) is 0 Å². The van der Waals surface area contributed by atoms with Crippen LogP contribution < -0.4 is 11.1 Å². The summed E-state index contributed by atoms with van der Waals surface area (Å²) in [7, 11) is 0. The van der Waals surface area contributed by atoms with Crippen molar-refractivity contribution in [3.8, 4) is 5.75 Å². The molecule has 0 fully saturated rings. The van der Waals surface area contributed by atoms with Gasteiger partial charge in [0.1, 0.15) is 11.6 Å². The lowest BCUT2D eigenvalue weighted by molar-refractivity contribution is -0.115. The molecule has 0 radical (unpaired) electrons. The number of aromatic nitrogens is 1. The topological polar surface area (TPSA) is 88.2 Å². The molecule has 4 N–H and O–H groups in total. The van der Waals surface area contributed by atoms with E-state index in [2.05, 4.69) is 10.3 Å². The molecule has 1 aromatic heterocycles. The second-order valence-electron chi connectivity index (χ2n) is 3.87. The summed E-state index contributed by atoms with van der Waals surface area (Å²) in [6.45, 7) is 0. The van der Waals surface area contributed by atoms with E-state index in [9.17, 15) is 9.90 Å². The van der Waals surface area contributed by atoms with Crippen molar-refractivity contribution in [2.75, 3.05) is 11.1 Å². The first-order valence-corrected chi connectivity index (χ1v) is 5.43. The van der Waals surface area contributed by atoms with Crippen LogP contribution in [-0.2, 0) is 11.2 Å². The Bertz CT molecular complexity index is 552. The maximum atomic E-state index is 11.7. The fraction of sp³-hybridized carbons (Fsp3) is 0.0769. The lowest BCUT2D eigenvalue weighted by Gasteiger charge is -2.05. The summed E-state index contributed by atoms with van der Waals surface area (Å²) in [6, 6.07) is 9.88. The highest BCUT2D eigenvalue weighted by atomic mass is 16.3. The fourth-order valence-corrected chi connectivity index (χ4v) is 1.52. The number of hydrogen-bond acceptors (Lipinski definition) is 4. The zero-order valence-corrected chi connectivity index (χ0v) is 9.63. The smallest absolute Gasteiger partial charge is 0.229 e. The van der Waals surface area contributed by atoms with Crippen molar-refractivity contribution >= 4 is 17.4 Å². The molecule has 1 heterocycles. The Morgan fingerprint density at radius 3 is 2.83 bits per heavy atom. The molecule has 2 rings (SSSR count). The standard InChI is InChI=1S/C13H13N3O2/c14-10-4-5-12(15-8-10)16-13(18)7-9-2-1-3-11(17)6-9/h1-6,8,17H,7,14H2,(H,15,16,18). The first-order valence-electron chi connectivity index (χ1n) is 5.43. The van der Waals surface area contributed by atoms with E-state index in [1.807, 2.05) is 0 Å². The summed E-state index contributed by atoms with van der Waals surface area (Å²) >= 11 is 0. The van der Waals surface area contributed by atoms with E-state index in [0.29, 0.717) is 11.5 Å². The molecular formula is C13H13N3O2. The molecule has 2 aromatic rings. The number of nitrogens with two attached hydrogens (primary N) is 1. The first-order chi connectivity index (χ1) is 8.63. The molecule has 0 spiro atoms. The zero-order chi connectivity index (χ0) is 13.0. The molecule has 0 aliphatic rings. The largest absolute Gasteiger partial charge is 0.508 e. The van der Waals surface area contributed by atoms with Crippen molar-refractivity contribution in [1.29, 1.82) is 0 Å². The number of carbonyl (C=O) groups is 1. The van der Waals surface area contributed by atoms with Crippen LogP contribution in [0.15, 0.2) is 42.6 Å². The molecule has 0 saturated heterocycles. The molecule has 92 valence electrons. The van der Waals surface area contributed by atoms with Crippen LogP contribution in [0.2, 0.25) is 0 Å². The van der Waals surface area contributed by atoms with E-state index in [0.717, 1.165) is 5.56 Å². The van der Waals surface area contributed by atoms with Crippen molar-refractivity contribution in [3.05, 3.63) is 48.2 Å². The average molecular weight is 243 g/mol. The quantitative estimate of drug-likeness (QED) is 0.763. The maximum absolute atomic E-state index is 11.7. The number of nitrogen functional groups attached to an aromatic ring is 1. The van der Waals surface area contributed by atoms with Crippen LogP contribution in [0.4, 0.5) is 11.5 Å². The molecule has 0 atom stereocenters. The molecule has 0 aliphatic carbocycles. The molecule has 5 heteroatoms. The Kier molecular flexibility index (Phi) is 3.43. The number of pyridine rings is 1. The molecule has 18 heavy (non-hydrogen) atoms. The Hall–Kier alpha value is -2.56. The lowest BCUT2D eigenvalue weighted by atomic mass is 10.1. The summed E-state index contributed by atoms with van der Waals surface area (Å²) in [5, 5.41) is 11.9. The predicted molar refractivity (Wildman–Crippen MR) is 69.1 cm³/mol. The van der Waals surface area contributed by atoms with E-state index in [1.54, 1.807) is 36.4 Å². The number of nitrogens with one attached hydrogen (secondary N) is 1. The van der Waals surface area contributed by atoms with Crippen LogP contribution >= 0.6 is 0 Å². The van der Waals surface area contributed by atoms with E-state index in [-0.39, 0.29) is 18.1 Å². The molecule has 0 aliphatic heterocycles. The molecule has 5 nitrogen and oxygen atoms in total. The Balaban J connectivity index is 1.98. The van der Waals surface area contributed by atoms with Crippen molar-refractivity contribution in [2.24, 2.45) is 0 Å². The SMILES string of the molecule is Nc1ccc(NC(=O)Cc2cccc(O)c2)nc1. The van der Waals surface area contributed by atoms with E-state index < -0.39 is 0 Å². The van der Waals surface area contributed by atoms with Crippen LogP contribution in [-0.4, -0.2) is 16.0 Å². The van der Waals surface area contributed by atoms with Gasteiger partial charge >= 0.3 is 0 Å². The van der Waals surface area contributed by atoms with Gasteiger partial charge in [0, 0.05) is 0 Å². The van der Waals surface area contributed by atoms with Crippen LogP contribution in [0.1, 0.15) is 5.56 Å². The first kappa shape index (κ1) is 11.9. The second-order valence-corrected chi connectivity index (χ2v) is 3.87. The number of nitrogens with zero attached hydrogens (tertiary/aromatic N) is 1. The summed E-state index contributed by atoms with van der Waals surface area (Å²) in [4.78, 5) is 15.7. The summed E-state index contributed by atoms with van der Waals surface area (Å²) < 4.78 is 0. The van der Waals surface area contributed by atoms with Gasteiger partial charge in [-0.3, -0.25) is 4.79 Å². The van der Waals surface area contributed by atoms with Gasteiger partial charge in [0.2, 0.25) is 5.91 Å². The van der Waals surface area contributed by atoms with Gasteiger partial charge < -0.3 is 16.2 Å². The van der Waals surface area contributed by atoms with Crippen LogP contribution in [0.5, 0.6) is 5.75 Å². The number of phenolic OH excluding ortho intramolecular Hbond substituents is 1. The molecule has 1 amide bonds. The van der Waals surface area contributed by atoms with Crippen molar-refractivity contribution in [2.45, 2.75) is 6.42 Å². The van der Waals surface area contributed by atoms with Gasteiger partial charge in [0.15, 0.2) is 0 Å². The highest BCUT2D eigenvalue weighted by Crippen LogP contribution is 2.12. The second kappa shape index (κ2) is 5.18. The van der Waals surface area contributed by atoms with Crippen LogP contribution in [0.25, 0.3) is 0 Å². The predicted octanol–water partition coefficient (Wildman–Crippen LogP) is 1.55. The maximum Gasteiger partial charge on any atom is 0.229 e. The highest BCUT2D eigenvalue weighted by Gasteiger charge is 2.05. The average Bonchev–Trinajstić information content (AvgIpc) is 2.32. The third-order valence-corrected chi connectivity index (χ3v) is 2.33. The van der Waals surface area contributed by atoms with Gasteiger partial charge in [0.05, 0.1) is 18.3 Å². The third kappa shape index (κ3) is 3.21. The van der Waals surface area contributed by atoms with Crippen molar-refractivity contribution < 1.29 is 9.90 Å². The fourth-order valence-electron chi connectivity index (χ4n) is 1.52. The van der Waals surface area contributed by atoms with E-state index in [1.165, 1.54) is 6.20 Å². The minimum atomic E-state index is -0.196. The number of aromatic hydroxyl groups is 1. The minimum absolute atomic E-state index is 0.144. The van der Waals surface area contributed by atoms with Gasteiger partial charge in [-0.1, -0.05) is 12.1 Å². The number of hydrogen-bond donors (Lipinski definition) is 3. The molecule has 0 bridgehead atoms. The van der Waals surface area contributed by atoms with Crippen LogP contribution in [0.3, 0.4) is 0 Å². The zero-order valence-electron chi connectivity index (χ0n) is 9.63. The summed E-state index contributed by atoms with van der Waals surface area (Å²) in [5.41, 5.74) is 6.78. The number of rotatable bonds is 3. The van der Waals surface area contributed by atoms with Gasteiger partial charge in [-0.15, -0.1) is 0 Å². The van der Waals surface area contributed by atoms with E-state index >= 15 is 0 Å². The molecule has 0 saturated carbocycles. The van der Waals surface area contributed by atoms with E-state index in [4.69, 9.17) is 5.73 Å². The number of phenols is 1. The summed E-state index contributed by atoms with van der Waals surface area (Å²) in [5.74, 6) is 0.401. The number of anilines is 2. The molecule has 1 aromatic carbocycles. The normalized spacial score (nSPS) is 10.0.